The summed E-state index contributed by atoms with van der Waals surface area (Å²) in [5.41, 5.74) is 6.50. The van der Waals surface area contributed by atoms with Crippen molar-refractivity contribution in [3.63, 3.8) is 0 Å². The summed E-state index contributed by atoms with van der Waals surface area (Å²) in [5.74, 6) is 0.429. The average molecular weight is 305 g/mol. The lowest BCUT2D eigenvalue weighted by molar-refractivity contribution is 0.340. The Morgan fingerprint density at radius 2 is 1.95 bits per heavy atom. The second-order valence-electron chi connectivity index (χ2n) is 4.93. The smallest absolute Gasteiger partial charge is 0.243 e. The highest BCUT2D eigenvalue weighted by Crippen LogP contribution is 2.36. The zero-order valence-corrected chi connectivity index (χ0v) is 12.9. The van der Waals surface area contributed by atoms with Gasteiger partial charge in [0, 0.05) is 19.6 Å². The van der Waals surface area contributed by atoms with Gasteiger partial charge in [-0.15, -0.1) is 12.4 Å². The number of sulfonamides is 1. The molecule has 0 amide bonds. The van der Waals surface area contributed by atoms with Gasteiger partial charge < -0.3 is 5.73 Å². The first-order valence-corrected chi connectivity index (χ1v) is 7.66. The van der Waals surface area contributed by atoms with Crippen molar-refractivity contribution >= 4 is 22.4 Å². The molecule has 1 aromatic carbocycles. The van der Waals surface area contributed by atoms with E-state index in [2.05, 4.69) is 0 Å². The van der Waals surface area contributed by atoms with Gasteiger partial charge in [0.2, 0.25) is 10.0 Å². The number of rotatable bonds is 5. The molecule has 1 aliphatic carbocycles. The maximum atomic E-state index is 12.6. The van der Waals surface area contributed by atoms with E-state index >= 15 is 0 Å². The molecule has 19 heavy (non-hydrogen) atoms. The SMILES string of the molecule is Cc1ccccc1S(=O)(=O)N(C)C(CN)C1CC1.Cl. The molecule has 0 spiro atoms. The Bertz CT molecular complexity index is 529. The van der Waals surface area contributed by atoms with Gasteiger partial charge in [0.05, 0.1) is 4.90 Å². The van der Waals surface area contributed by atoms with Gasteiger partial charge in [-0.25, -0.2) is 8.42 Å². The van der Waals surface area contributed by atoms with E-state index in [1.807, 2.05) is 19.1 Å². The Hall–Kier alpha value is -0.620. The predicted octanol–water partition coefficient (Wildman–Crippen LogP) is 1.77. The summed E-state index contributed by atoms with van der Waals surface area (Å²) in [4.78, 5) is 0.381. The van der Waals surface area contributed by atoms with Crippen LogP contribution >= 0.6 is 12.4 Å². The van der Waals surface area contributed by atoms with E-state index in [0.29, 0.717) is 17.4 Å². The fourth-order valence-electron chi connectivity index (χ4n) is 2.30. The summed E-state index contributed by atoms with van der Waals surface area (Å²) in [6.45, 7) is 2.20. The molecule has 1 aliphatic rings. The topological polar surface area (TPSA) is 63.4 Å². The summed E-state index contributed by atoms with van der Waals surface area (Å²) in [6.07, 6.45) is 2.16. The van der Waals surface area contributed by atoms with Crippen LogP contribution in [-0.2, 0) is 10.0 Å². The van der Waals surface area contributed by atoms with E-state index in [-0.39, 0.29) is 18.4 Å². The maximum absolute atomic E-state index is 12.6. The normalized spacial score (nSPS) is 17.1. The van der Waals surface area contributed by atoms with Gasteiger partial charge in [0.25, 0.3) is 0 Å². The highest BCUT2D eigenvalue weighted by molar-refractivity contribution is 7.89. The van der Waals surface area contributed by atoms with E-state index in [1.54, 1.807) is 19.2 Å². The van der Waals surface area contributed by atoms with Crippen LogP contribution in [0.3, 0.4) is 0 Å². The summed E-state index contributed by atoms with van der Waals surface area (Å²) in [5, 5.41) is 0. The first kappa shape index (κ1) is 16.4. The van der Waals surface area contributed by atoms with Crippen LogP contribution in [0.4, 0.5) is 0 Å². The van der Waals surface area contributed by atoms with Crippen LogP contribution in [0.2, 0.25) is 0 Å². The van der Waals surface area contributed by atoms with E-state index in [9.17, 15) is 8.42 Å². The van der Waals surface area contributed by atoms with E-state index in [1.165, 1.54) is 4.31 Å². The zero-order chi connectivity index (χ0) is 13.3. The molecule has 0 aliphatic heterocycles. The second-order valence-corrected chi connectivity index (χ2v) is 6.89. The lowest BCUT2D eigenvalue weighted by Crippen LogP contribution is -2.43. The van der Waals surface area contributed by atoms with Crippen LogP contribution in [0, 0.1) is 12.8 Å². The molecule has 6 heteroatoms. The van der Waals surface area contributed by atoms with Crippen LogP contribution in [-0.4, -0.2) is 32.4 Å². The second kappa shape index (κ2) is 6.22. The molecule has 0 aromatic heterocycles. The third-order valence-electron chi connectivity index (χ3n) is 3.63. The average Bonchev–Trinajstić information content (AvgIpc) is 3.14. The molecular weight excluding hydrogens is 284 g/mol. The van der Waals surface area contributed by atoms with E-state index in [4.69, 9.17) is 5.73 Å². The fraction of sp³-hybridized carbons (Fsp3) is 0.538. The highest BCUT2D eigenvalue weighted by atomic mass is 35.5. The maximum Gasteiger partial charge on any atom is 0.243 e. The molecular formula is C13H21ClN2O2S. The Kier molecular flexibility index (Phi) is 5.38. The van der Waals surface area contributed by atoms with Crippen molar-refractivity contribution in [1.29, 1.82) is 0 Å². The van der Waals surface area contributed by atoms with Gasteiger partial charge in [0.15, 0.2) is 0 Å². The Balaban J connectivity index is 0.00000180. The third kappa shape index (κ3) is 3.28. The first-order chi connectivity index (χ1) is 8.48. The largest absolute Gasteiger partial charge is 0.329 e. The van der Waals surface area contributed by atoms with Crippen molar-refractivity contribution in [2.45, 2.75) is 30.7 Å². The van der Waals surface area contributed by atoms with Crippen molar-refractivity contribution in [3.8, 4) is 0 Å². The van der Waals surface area contributed by atoms with Crippen molar-refractivity contribution < 1.29 is 8.42 Å². The van der Waals surface area contributed by atoms with Gasteiger partial charge in [0.1, 0.15) is 0 Å². The first-order valence-electron chi connectivity index (χ1n) is 6.22. The quantitative estimate of drug-likeness (QED) is 0.902. The van der Waals surface area contributed by atoms with Gasteiger partial charge in [-0.05, 0) is 37.3 Å². The molecule has 1 atom stereocenters. The third-order valence-corrected chi connectivity index (χ3v) is 5.67. The van der Waals surface area contributed by atoms with Crippen molar-refractivity contribution in [3.05, 3.63) is 29.8 Å². The fourth-order valence-corrected chi connectivity index (χ4v) is 3.95. The predicted molar refractivity (Wildman–Crippen MR) is 78.9 cm³/mol. The van der Waals surface area contributed by atoms with Crippen LogP contribution in [0.1, 0.15) is 18.4 Å². The molecule has 4 nitrogen and oxygen atoms in total. The van der Waals surface area contributed by atoms with Crippen molar-refractivity contribution in [1.82, 2.24) is 4.31 Å². The number of likely N-dealkylation sites (N-methyl/N-ethyl adjacent to an activating group) is 1. The van der Waals surface area contributed by atoms with Gasteiger partial charge in [-0.2, -0.15) is 4.31 Å². The lowest BCUT2D eigenvalue weighted by atomic mass is 10.2. The molecule has 0 saturated heterocycles. The van der Waals surface area contributed by atoms with Crippen molar-refractivity contribution in [2.75, 3.05) is 13.6 Å². The molecule has 2 N–H and O–H groups in total. The minimum Gasteiger partial charge on any atom is -0.329 e. The van der Waals surface area contributed by atoms with Gasteiger partial charge in [-0.3, -0.25) is 0 Å². The Morgan fingerprint density at radius 3 is 2.42 bits per heavy atom. The summed E-state index contributed by atoms with van der Waals surface area (Å²) >= 11 is 0. The lowest BCUT2D eigenvalue weighted by Gasteiger charge is -2.27. The van der Waals surface area contributed by atoms with Gasteiger partial charge in [-0.1, -0.05) is 18.2 Å². The molecule has 108 valence electrons. The highest BCUT2D eigenvalue weighted by Gasteiger charge is 2.38. The summed E-state index contributed by atoms with van der Waals surface area (Å²) < 4.78 is 26.6. The molecule has 0 radical (unpaired) electrons. The van der Waals surface area contributed by atoms with Crippen molar-refractivity contribution in [2.24, 2.45) is 11.7 Å². The molecule has 0 bridgehead atoms. The minimum atomic E-state index is -3.43. The van der Waals surface area contributed by atoms with Crippen LogP contribution in [0.25, 0.3) is 0 Å². The van der Waals surface area contributed by atoms with Crippen LogP contribution in [0.5, 0.6) is 0 Å². The molecule has 1 saturated carbocycles. The number of hydrogen-bond acceptors (Lipinski definition) is 3. The molecule has 0 heterocycles. The number of nitrogens with two attached hydrogens (primary N) is 1. The monoisotopic (exact) mass is 304 g/mol. The minimum absolute atomic E-state index is 0. The number of hydrogen-bond donors (Lipinski definition) is 1. The van der Waals surface area contributed by atoms with Crippen LogP contribution in [0.15, 0.2) is 29.2 Å². The molecule has 1 fully saturated rings. The number of halogens is 1. The standard InChI is InChI=1S/C13H20N2O2S.ClH/c1-10-5-3-4-6-13(10)18(16,17)15(2)12(9-14)11-7-8-11;/h3-6,11-12H,7-9,14H2,1-2H3;1H. The van der Waals surface area contributed by atoms with Gasteiger partial charge >= 0.3 is 0 Å². The zero-order valence-electron chi connectivity index (χ0n) is 11.2. The Morgan fingerprint density at radius 1 is 1.37 bits per heavy atom. The molecule has 2 rings (SSSR count). The van der Waals surface area contributed by atoms with Crippen LogP contribution < -0.4 is 5.73 Å². The molecule has 1 aromatic rings. The number of nitrogens with zero attached hydrogens (tertiary/aromatic N) is 1. The Labute approximate surface area is 121 Å². The number of aryl methyl sites for hydroxylation is 1. The summed E-state index contributed by atoms with van der Waals surface area (Å²) in [6, 6.07) is 6.99. The molecule has 1 unspecified atom stereocenters. The van der Waals surface area contributed by atoms with E-state index < -0.39 is 10.0 Å². The number of benzene rings is 1. The van der Waals surface area contributed by atoms with E-state index in [0.717, 1.165) is 18.4 Å². The summed E-state index contributed by atoms with van der Waals surface area (Å²) in [7, 11) is -1.80.